The summed E-state index contributed by atoms with van der Waals surface area (Å²) in [6.45, 7) is 1.92. The zero-order valence-corrected chi connectivity index (χ0v) is 18.6. The van der Waals surface area contributed by atoms with E-state index in [0.717, 1.165) is 45.6 Å². The Balaban J connectivity index is 1.43. The van der Waals surface area contributed by atoms with Gasteiger partial charge in [-0.1, -0.05) is 59.4 Å². The van der Waals surface area contributed by atoms with Crippen LogP contribution in [0.2, 0.25) is 0 Å². The Hall–Kier alpha value is -3.39. The molecule has 3 aromatic rings. The fraction of sp³-hybridized carbons (Fsp3) is 0.250. The Morgan fingerprint density at radius 3 is 2.56 bits per heavy atom. The monoisotopic (exact) mass is 449 g/mol. The molecule has 0 bridgehead atoms. The van der Waals surface area contributed by atoms with Gasteiger partial charge in [0.05, 0.1) is 16.7 Å². The number of imide groups is 1. The van der Waals surface area contributed by atoms with E-state index < -0.39 is 0 Å². The number of nitrogens with zero attached hydrogens (tertiary/aromatic N) is 2. The maximum absolute atomic E-state index is 11.8. The van der Waals surface area contributed by atoms with Crippen LogP contribution in [0.1, 0.15) is 29.0 Å². The molecule has 0 aliphatic carbocycles. The molecule has 1 saturated heterocycles. The molecule has 1 atom stereocenters. The molecule has 1 aliphatic heterocycles. The van der Waals surface area contributed by atoms with Gasteiger partial charge in [-0.25, -0.2) is 4.98 Å². The SMILES string of the molecule is CON=C(CCc1nc(-c2ccccc2)oc1C)c1ccc(CC2SC(=O)NC2=O)cc1. The molecule has 1 unspecified atom stereocenters. The Labute approximate surface area is 190 Å². The lowest BCUT2D eigenvalue weighted by atomic mass is 10.0. The summed E-state index contributed by atoms with van der Waals surface area (Å²) in [5.41, 5.74) is 4.54. The van der Waals surface area contributed by atoms with Crippen LogP contribution in [0, 0.1) is 6.92 Å². The van der Waals surface area contributed by atoms with E-state index >= 15 is 0 Å². The molecule has 0 radical (unpaired) electrons. The normalized spacial score (nSPS) is 16.3. The second kappa shape index (κ2) is 9.82. The van der Waals surface area contributed by atoms with Crippen LogP contribution in [0.15, 0.2) is 64.2 Å². The molecule has 4 rings (SSSR count). The molecule has 32 heavy (non-hydrogen) atoms. The van der Waals surface area contributed by atoms with E-state index in [-0.39, 0.29) is 16.4 Å². The van der Waals surface area contributed by atoms with E-state index in [0.29, 0.717) is 25.2 Å². The van der Waals surface area contributed by atoms with Crippen molar-refractivity contribution < 1.29 is 18.8 Å². The number of thioether (sulfide) groups is 1. The van der Waals surface area contributed by atoms with E-state index in [1.165, 1.54) is 7.11 Å². The molecule has 7 nitrogen and oxygen atoms in total. The number of oxime groups is 1. The van der Waals surface area contributed by atoms with Crippen LogP contribution >= 0.6 is 11.8 Å². The van der Waals surface area contributed by atoms with Crippen LogP contribution in [0.25, 0.3) is 11.5 Å². The van der Waals surface area contributed by atoms with E-state index in [2.05, 4.69) is 15.5 Å². The number of nitrogens with one attached hydrogen (secondary N) is 1. The molecule has 1 N–H and O–H groups in total. The minimum absolute atomic E-state index is 0.233. The summed E-state index contributed by atoms with van der Waals surface area (Å²) in [4.78, 5) is 32.9. The van der Waals surface area contributed by atoms with Crippen LogP contribution < -0.4 is 5.32 Å². The van der Waals surface area contributed by atoms with Gasteiger partial charge in [0.15, 0.2) is 0 Å². The zero-order valence-electron chi connectivity index (χ0n) is 17.8. The molecule has 2 aromatic carbocycles. The molecule has 1 fully saturated rings. The molecule has 2 amide bonds. The average molecular weight is 450 g/mol. The maximum Gasteiger partial charge on any atom is 0.286 e. The minimum Gasteiger partial charge on any atom is -0.441 e. The first-order valence-electron chi connectivity index (χ1n) is 10.3. The standard InChI is InChI=1S/C24H23N3O4S/c1-15-19(25-23(31-15)18-6-4-3-5-7-18)12-13-20(27-30-2)17-10-8-16(9-11-17)14-21-22(28)26-24(29)32-21/h3-11,21H,12-14H2,1-2H3,(H,26,28,29). The number of hydrogen-bond acceptors (Lipinski definition) is 7. The first kappa shape index (κ1) is 21.8. The molecule has 164 valence electrons. The van der Waals surface area contributed by atoms with Crippen molar-refractivity contribution in [1.82, 2.24) is 10.3 Å². The molecule has 0 saturated carbocycles. The highest BCUT2D eigenvalue weighted by Gasteiger charge is 2.31. The molecular formula is C24H23N3O4S. The molecule has 0 spiro atoms. The second-order valence-corrected chi connectivity index (χ2v) is 8.57. The lowest BCUT2D eigenvalue weighted by molar-refractivity contribution is -0.118. The number of aromatic nitrogens is 1. The predicted octanol–water partition coefficient (Wildman–Crippen LogP) is 4.53. The van der Waals surface area contributed by atoms with Crippen molar-refractivity contribution in [2.24, 2.45) is 5.16 Å². The highest BCUT2D eigenvalue weighted by Crippen LogP contribution is 2.24. The van der Waals surface area contributed by atoms with Crippen LogP contribution in [0.3, 0.4) is 0 Å². The fourth-order valence-corrected chi connectivity index (χ4v) is 4.39. The summed E-state index contributed by atoms with van der Waals surface area (Å²) in [7, 11) is 1.52. The summed E-state index contributed by atoms with van der Waals surface area (Å²) in [5.74, 6) is 1.17. The van der Waals surface area contributed by atoms with Crippen LogP contribution in [-0.2, 0) is 22.5 Å². The smallest absolute Gasteiger partial charge is 0.286 e. The van der Waals surface area contributed by atoms with Gasteiger partial charge in [-0.15, -0.1) is 0 Å². The van der Waals surface area contributed by atoms with Gasteiger partial charge in [-0.3, -0.25) is 14.9 Å². The van der Waals surface area contributed by atoms with E-state index in [1.807, 2.05) is 61.5 Å². The van der Waals surface area contributed by atoms with Gasteiger partial charge in [0.25, 0.3) is 5.24 Å². The fourth-order valence-electron chi connectivity index (χ4n) is 3.53. The summed E-state index contributed by atoms with van der Waals surface area (Å²) in [5, 5.41) is 5.86. The van der Waals surface area contributed by atoms with Crippen LogP contribution in [0.4, 0.5) is 4.79 Å². The summed E-state index contributed by atoms with van der Waals surface area (Å²) < 4.78 is 5.85. The van der Waals surface area contributed by atoms with Crippen LogP contribution in [0.5, 0.6) is 0 Å². The third-order valence-corrected chi connectivity index (χ3v) is 6.17. The molecule has 8 heteroatoms. The quantitative estimate of drug-likeness (QED) is 0.401. The zero-order chi connectivity index (χ0) is 22.5. The molecule has 1 aromatic heterocycles. The lowest BCUT2D eigenvalue weighted by Gasteiger charge is -2.08. The van der Waals surface area contributed by atoms with E-state index in [4.69, 9.17) is 9.25 Å². The van der Waals surface area contributed by atoms with E-state index in [1.54, 1.807) is 0 Å². The van der Waals surface area contributed by atoms with Crippen molar-refractivity contribution >= 4 is 28.6 Å². The molecule has 2 heterocycles. The predicted molar refractivity (Wildman–Crippen MR) is 124 cm³/mol. The Bertz CT molecular complexity index is 1140. The molecular weight excluding hydrogens is 426 g/mol. The summed E-state index contributed by atoms with van der Waals surface area (Å²) in [6, 6.07) is 17.6. The lowest BCUT2D eigenvalue weighted by Crippen LogP contribution is -2.25. The number of aryl methyl sites for hydroxylation is 2. The number of oxazole rings is 1. The number of amides is 2. The first-order valence-corrected chi connectivity index (χ1v) is 11.1. The first-order chi connectivity index (χ1) is 15.5. The van der Waals surface area contributed by atoms with Gasteiger partial charge >= 0.3 is 0 Å². The van der Waals surface area contributed by atoms with Crippen molar-refractivity contribution in [1.29, 1.82) is 0 Å². The summed E-state index contributed by atoms with van der Waals surface area (Å²) >= 11 is 1.04. The Morgan fingerprint density at radius 1 is 1.16 bits per heavy atom. The highest BCUT2D eigenvalue weighted by atomic mass is 32.2. The maximum atomic E-state index is 11.8. The third kappa shape index (κ3) is 5.08. The topological polar surface area (TPSA) is 93.8 Å². The van der Waals surface area contributed by atoms with Crippen molar-refractivity contribution in [2.45, 2.75) is 31.4 Å². The van der Waals surface area contributed by atoms with Crippen molar-refractivity contribution in [3.05, 3.63) is 77.2 Å². The minimum atomic E-state index is -0.380. The highest BCUT2D eigenvalue weighted by molar-refractivity contribution is 8.15. The van der Waals surface area contributed by atoms with Crippen molar-refractivity contribution in [3.63, 3.8) is 0 Å². The van der Waals surface area contributed by atoms with E-state index in [9.17, 15) is 9.59 Å². The van der Waals surface area contributed by atoms with Crippen LogP contribution in [-0.4, -0.2) is 34.2 Å². The van der Waals surface area contributed by atoms with Gasteiger partial charge in [-0.2, -0.15) is 0 Å². The number of hydrogen-bond donors (Lipinski definition) is 1. The van der Waals surface area contributed by atoms with Gasteiger partial charge < -0.3 is 9.25 Å². The van der Waals surface area contributed by atoms with Gasteiger partial charge in [0.2, 0.25) is 11.8 Å². The summed E-state index contributed by atoms with van der Waals surface area (Å²) in [6.07, 6.45) is 1.79. The van der Waals surface area contributed by atoms with Crippen molar-refractivity contribution in [3.8, 4) is 11.5 Å². The molecule has 1 aliphatic rings. The average Bonchev–Trinajstić information content (AvgIpc) is 3.33. The Morgan fingerprint density at radius 2 is 1.91 bits per heavy atom. The number of carbonyl (C=O) groups excluding carboxylic acids is 2. The van der Waals surface area contributed by atoms with Gasteiger partial charge in [0.1, 0.15) is 12.9 Å². The number of benzene rings is 2. The number of rotatable bonds is 8. The third-order valence-electron chi connectivity index (χ3n) is 5.19. The second-order valence-electron chi connectivity index (χ2n) is 7.39. The van der Waals surface area contributed by atoms with Gasteiger partial charge in [0, 0.05) is 5.56 Å². The van der Waals surface area contributed by atoms with Gasteiger partial charge in [-0.05, 0) is 49.4 Å². The van der Waals surface area contributed by atoms with Crippen molar-refractivity contribution in [2.75, 3.05) is 7.11 Å². The number of carbonyl (C=O) groups is 2. The largest absolute Gasteiger partial charge is 0.441 e. The Kier molecular flexibility index (Phi) is 6.70.